The van der Waals surface area contributed by atoms with Gasteiger partial charge in [0.1, 0.15) is 12.4 Å². The molecule has 0 spiro atoms. The highest BCUT2D eigenvalue weighted by atomic mass is 32.2. The maximum absolute atomic E-state index is 13.4. The van der Waals surface area contributed by atoms with Gasteiger partial charge in [0.2, 0.25) is 0 Å². The normalized spacial score (nSPS) is 16.8. The minimum atomic E-state index is -3.89. The van der Waals surface area contributed by atoms with Crippen LogP contribution >= 0.6 is 0 Å². The first-order valence-corrected chi connectivity index (χ1v) is 14.8. The highest BCUT2D eigenvalue weighted by Gasteiger charge is 2.27. The summed E-state index contributed by atoms with van der Waals surface area (Å²) in [5, 5.41) is 19.4. The largest absolute Gasteiger partial charge is 0.488 e. The minimum Gasteiger partial charge on any atom is -0.488 e. The summed E-state index contributed by atoms with van der Waals surface area (Å²) in [6, 6.07) is 16.2. The van der Waals surface area contributed by atoms with E-state index in [0.29, 0.717) is 18.6 Å². The van der Waals surface area contributed by atoms with Crippen molar-refractivity contribution in [3.8, 4) is 16.9 Å². The lowest BCUT2D eigenvalue weighted by Crippen LogP contribution is -2.31. The second kappa shape index (κ2) is 12.6. The fraction of sp³-hybridized carbons (Fsp3) is 0.433. The van der Waals surface area contributed by atoms with Gasteiger partial charge in [-0.05, 0) is 86.9 Å². The van der Waals surface area contributed by atoms with Crippen LogP contribution in [0.2, 0.25) is 0 Å². The van der Waals surface area contributed by atoms with Gasteiger partial charge in [0.25, 0.3) is 10.0 Å². The van der Waals surface area contributed by atoms with Crippen molar-refractivity contribution in [3.63, 3.8) is 0 Å². The topological polar surface area (TPSA) is 118 Å². The van der Waals surface area contributed by atoms with Crippen molar-refractivity contribution in [3.05, 3.63) is 77.5 Å². The molecule has 2 unspecified atom stereocenters. The van der Waals surface area contributed by atoms with Crippen molar-refractivity contribution in [2.75, 3.05) is 13.2 Å². The molecule has 1 aliphatic carbocycles. The lowest BCUT2D eigenvalue weighted by atomic mass is 9.99. The molecule has 0 saturated carbocycles. The molecule has 8 nitrogen and oxygen atoms in total. The summed E-state index contributed by atoms with van der Waals surface area (Å²) in [5.74, 6) is 0.626. The Balaban J connectivity index is 1.51. The molecule has 0 bridgehead atoms. The first-order valence-electron chi connectivity index (χ1n) is 13.3. The van der Waals surface area contributed by atoms with E-state index >= 15 is 0 Å². The Kier molecular flexibility index (Phi) is 9.40. The van der Waals surface area contributed by atoms with Crippen LogP contribution in [0, 0.1) is 0 Å². The zero-order valence-electron chi connectivity index (χ0n) is 22.8. The van der Waals surface area contributed by atoms with Crippen molar-refractivity contribution in [1.29, 1.82) is 0 Å². The molecule has 2 atom stereocenters. The molecule has 1 heterocycles. The van der Waals surface area contributed by atoms with Crippen molar-refractivity contribution >= 4 is 10.0 Å². The zero-order chi connectivity index (χ0) is 28.0. The molecule has 0 amide bonds. The lowest BCUT2D eigenvalue weighted by Gasteiger charge is -2.25. The Morgan fingerprint density at radius 3 is 2.59 bits per heavy atom. The SMILES string of the molecule is CC(C)(C)OC(O)COc1cccc2c1CCCCC2NS(=O)(=O)c1ccc(-c2cccc(CCO)c2)cn1. The molecule has 0 fully saturated rings. The minimum absolute atomic E-state index is 0.0245. The molecular weight excluding hydrogens is 516 g/mol. The summed E-state index contributed by atoms with van der Waals surface area (Å²) in [5.41, 5.74) is 4.02. The third kappa shape index (κ3) is 7.86. The van der Waals surface area contributed by atoms with E-state index in [9.17, 15) is 18.6 Å². The van der Waals surface area contributed by atoms with Crippen LogP contribution < -0.4 is 9.46 Å². The molecule has 0 radical (unpaired) electrons. The van der Waals surface area contributed by atoms with E-state index in [4.69, 9.17) is 9.47 Å². The Hall–Kier alpha value is -2.82. The Morgan fingerprint density at radius 2 is 1.87 bits per heavy atom. The number of hydrogen-bond acceptors (Lipinski definition) is 7. The maximum Gasteiger partial charge on any atom is 0.258 e. The van der Waals surface area contributed by atoms with E-state index in [-0.39, 0.29) is 18.2 Å². The second-order valence-corrected chi connectivity index (χ2v) is 12.5. The number of fused-ring (bicyclic) bond motifs is 1. The monoisotopic (exact) mass is 554 g/mol. The van der Waals surface area contributed by atoms with Gasteiger partial charge in [0.05, 0.1) is 5.60 Å². The highest BCUT2D eigenvalue weighted by molar-refractivity contribution is 7.89. The van der Waals surface area contributed by atoms with Crippen LogP contribution in [0.15, 0.2) is 65.8 Å². The molecule has 0 saturated heterocycles. The van der Waals surface area contributed by atoms with Crippen molar-refractivity contribution in [2.24, 2.45) is 0 Å². The quantitative estimate of drug-likeness (QED) is 0.249. The summed E-state index contributed by atoms with van der Waals surface area (Å²) >= 11 is 0. The van der Waals surface area contributed by atoms with Gasteiger partial charge < -0.3 is 19.7 Å². The lowest BCUT2D eigenvalue weighted by molar-refractivity contribution is -0.178. The van der Waals surface area contributed by atoms with Gasteiger partial charge in [-0.15, -0.1) is 0 Å². The molecule has 4 rings (SSSR count). The van der Waals surface area contributed by atoms with Crippen LogP contribution in [-0.4, -0.2) is 48.7 Å². The molecule has 3 N–H and O–H groups in total. The average molecular weight is 555 g/mol. The van der Waals surface area contributed by atoms with E-state index in [1.54, 1.807) is 12.3 Å². The summed E-state index contributed by atoms with van der Waals surface area (Å²) in [6.45, 7) is 5.63. The highest BCUT2D eigenvalue weighted by Crippen LogP contribution is 2.35. The summed E-state index contributed by atoms with van der Waals surface area (Å²) in [7, 11) is -3.89. The number of pyridine rings is 1. The van der Waals surface area contributed by atoms with E-state index in [0.717, 1.165) is 47.1 Å². The average Bonchev–Trinajstić information content (AvgIpc) is 3.09. The predicted molar refractivity (Wildman–Crippen MR) is 150 cm³/mol. The van der Waals surface area contributed by atoms with E-state index < -0.39 is 28.0 Å². The van der Waals surface area contributed by atoms with Crippen LogP contribution in [0.1, 0.15) is 62.8 Å². The number of benzene rings is 2. The zero-order valence-corrected chi connectivity index (χ0v) is 23.6. The van der Waals surface area contributed by atoms with Crippen LogP contribution in [0.3, 0.4) is 0 Å². The number of nitrogens with zero attached hydrogens (tertiary/aromatic N) is 1. The van der Waals surface area contributed by atoms with Gasteiger partial charge in [-0.25, -0.2) is 18.1 Å². The number of rotatable bonds is 10. The van der Waals surface area contributed by atoms with Crippen LogP contribution in [0.5, 0.6) is 5.75 Å². The van der Waals surface area contributed by atoms with Crippen molar-refractivity contribution in [2.45, 2.75) is 75.8 Å². The van der Waals surface area contributed by atoms with Gasteiger partial charge >= 0.3 is 0 Å². The molecule has 0 aliphatic heterocycles. The fourth-order valence-electron chi connectivity index (χ4n) is 4.84. The maximum atomic E-state index is 13.4. The van der Waals surface area contributed by atoms with Gasteiger partial charge in [-0.2, -0.15) is 0 Å². The van der Waals surface area contributed by atoms with Crippen molar-refractivity contribution in [1.82, 2.24) is 9.71 Å². The molecule has 1 aromatic heterocycles. The number of nitrogens with one attached hydrogen (secondary N) is 1. The number of hydrogen-bond donors (Lipinski definition) is 3. The van der Waals surface area contributed by atoms with E-state index in [2.05, 4.69) is 9.71 Å². The molecule has 2 aromatic carbocycles. The third-order valence-electron chi connectivity index (χ3n) is 6.56. The van der Waals surface area contributed by atoms with Crippen LogP contribution in [0.25, 0.3) is 11.1 Å². The molecule has 210 valence electrons. The predicted octanol–water partition coefficient (Wildman–Crippen LogP) is 4.54. The number of aliphatic hydroxyl groups excluding tert-OH is 2. The smallest absolute Gasteiger partial charge is 0.258 e. The van der Waals surface area contributed by atoms with Gasteiger partial charge in [0, 0.05) is 24.4 Å². The summed E-state index contributed by atoms with van der Waals surface area (Å²) < 4.78 is 41.1. The first kappa shape index (κ1) is 29.2. The summed E-state index contributed by atoms with van der Waals surface area (Å²) in [6.07, 6.45) is 4.20. The Bertz CT molecular complexity index is 1350. The van der Waals surface area contributed by atoms with Crippen LogP contribution in [-0.2, 0) is 27.6 Å². The molecule has 9 heteroatoms. The number of ether oxygens (including phenoxy) is 2. The Morgan fingerprint density at radius 1 is 1.08 bits per heavy atom. The Labute approximate surface area is 231 Å². The summed E-state index contributed by atoms with van der Waals surface area (Å²) in [4.78, 5) is 4.28. The van der Waals surface area contributed by atoms with Gasteiger partial charge in [0.15, 0.2) is 11.3 Å². The standard InChI is InChI=1S/C30H38N2O6S/c1-30(2,3)38-29(34)20-37-27-13-7-11-24-25(27)10-4-5-12-26(24)32-39(35,36)28-15-14-23(19-31-28)22-9-6-8-21(18-22)16-17-33/h6-9,11,13-15,18-19,26,29,32-34H,4-5,10,12,16-17,20H2,1-3H3. The second-order valence-electron chi connectivity index (χ2n) is 10.8. The van der Waals surface area contributed by atoms with Gasteiger partial charge in [-0.3, -0.25) is 0 Å². The van der Waals surface area contributed by atoms with E-state index in [1.807, 2.05) is 63.2 Å². The number of aliphatic hydroxyl groups is 2. The number of aromatic nitrogens is 1. The molecular formula is C30H38N2O6S. The molecule has 3 aromatic rings. The molecule has 1 aliphatic rings. The van der Waals surface area contributed by atoms with Gasteiger partial charge in [-0.1, -0.05) is 42.8 Å². The fourth-order valence-corrected chi connectivity index (χ4v) is 6.02. The van der Waals surface area contributed by atoms with Crippen molar-refractivity contribution < 1.29 is 28.1 Å². The first-order chi connectivity index (χ1) is 18.6. The third-order valence-corrected chi connectivity index (χ3v) is 7.94. The number of sulfonamides is 1. The van der Waals surface area contributed by atoms with E-state index in [1.165, 1.54) is 6.07 Å². The molecule has 39 heavy (non-hydrogen) atoms. The van der Waals surface area contributed by atoms with Crippen LogP contribution in [0.4, 0.5) is 0 Å².